The SMILES string of the molecule is CN1CCC(NCc2ccno2)C1=O. The Kier molecular flexibility index (Phi) is 2.49. The van der Waals surface area contributed by atoms with Crippen LogP contribution in [0.2, 0.25) is 0 Å². The molecule has 1 N–H and O–H groups in total. The third-order valence-corrected chi connectivity index (χ3v) is 2.44. The van der Waals surface area contributed by atoms with Crippen LogP contribution in [0.25, 0.3) is 0 Å². The first kappa shape index (κ1) is 9.21. The number of nitrogens with zero attached hydrogens (tertiary/aromatic N) is 2. The van der Waals surface area contributed by atoms with Crippen LogP contribution in [-0.4, -0.2) is 35.6 Å². The Bertz CT molecular complexity index is 310. The van der Waals surface area contributed by atoms with Gasteiger partial charge in [-0.2, -0.15) is 0 Å². The normalized spacial score (nSPS) is 21.9. The zero-order valence-corrected chi connectivity index (χ0v) is 8.06. The second-order valence-corrected chi connectivity index (χ2v) is 3.46. The first-order valence-electron chi connectivity index (χ1n) is 4.65. The molecule has 1 aliphatic heterocycles. The fourth-order valence-corrected chi connectivity index (χ4v) is 1.57. The smallest absolute Gasteiger partial charge is 0.239 e. The predicted molar refractivity (Wildman–Crippen MR) is 49.4 cm³/mol. The van der Waals surface area contributed by atoms with Crippen molar-refractivity contribution in [2.75, 3.05) is 13.6 Å². The van der Waals surface area contributed by atoms with Crippen molar-refractivity contribution in [2.24, 2.45) is 0 Å². The highest BCUT2D eigenvalue weighted by Crippen LogP contribution is 2.09. The van der Waals surface area contributed by atoms with E-state index in [4.69, 9.17) is 4.52 Å². The second kappa shape index (κ2) is 3.79. The molecule has 2 rings (SSSR count). The van der Waals surface area contributed by atoms with Crippen LogP contribution >= 0.6 is 0 Å². The average Bonchev–Trinajstić information content (AvgIpc) is 2.77. The number of aromatic nitrogens is 1. The lowest BCUT2D eigenvalue weighted by atomic mass is 10.2. The van der Waals surface area contributed by atoms with Gasteiger partial charge in [0.2, 0.25) is 5.91 Å². The number of carbonyl (C=O) groups is 1. The topological polar surface area (TPSA) is 58.4 Å². The summed E-state index contributed by atoms with van der Waals surface area (Å²) >= 11 is 0. The molecule has 1 fully saturated rings. The molecule has 0 aromatic carbocycles. The molecule has 0 saturated carbocycles. The van der Waals surface area contributed by atoms with Gasteiger partial charge in [0, 0.05) is 19.7 Å². The summed E-state index contributed by atoms with van der Waals surface area (Å²) in [7, 11) is 1.82. The summed E-state index contributed by atoms with van der Waals surface area (Å²) in [5, 5.41) is 6.73. The van der Waals surface area contributed by atoms with Crippen LogP contribution in [0.15, 0.2) is 16.8 Å². The average molecular weight is 195 g/mol. The molecule has 1 unspecified atom stereocenters. The summed E-state index contributed by atoms with van der Waals surface area (Å²) in [6, 6.07) is 1.72. The van der Waals surface area contributed by atoms with Gasteiger partial charge >= 0.3 is 0 Å². The molecule has 1 amide bonds. The van der Waals surface area contributed by atoms with Crippen LogP contribution in [0.4, 0.5) is 0 Å². The molecule has 1 aromatic rings. The van der Waals surface area contributed by atoms with E-state index in [0.29, 0.717) is 6.54 Å². The number of hydrogen-bond acceptors (Lipinski definition) is 4. The summed E-state index contributed by atoms with van der Waals surface area (Å²) in [4.78, 5) is 13.2. The lowest BCUT2D eigenvalue weighted by Crippen LogP contribution is -2.36. The zero-order chi connectivity index (χ0) is 9.97. The van der Waals surface area contributed by atoms with Crippen molar-refractivity contribution in [3.05, 3.63) is 18.0 Å². The molecule has 1 atom stereocenters. The third-order valence-electron chi connectivity index (χ3n) is 2.44. The van der Waals surface area contributed by atoms with E-state index < -0.39 is 0 Å². The summed E-state index contributed by atoms with van der Waals surface area (Å²) in [6.07, 6.45) is 2.46. The maximum atomic E-state index is 11.5. The van der Waals surface area contributed by atoms with E-state index in [1.165, 1.54) is 0 Å². The zero-order valence-electron chi connectivity index (χ0n) is 8.06. The van der Waals surface area contributed by atoms with Gasteiger partial charge in [0.1, 0.15) is 5.76 Å². The molecular weight excluding hydrogens is 182 g/mol. The molecule has 5 heteroatoms. The first-order valence-corrected chi connectivity index (χ1v) is 4.65. The number of likely N-dealkylation sites (N-methyl/N-ethyl adjacent to an activating group) is 1. The number of amides is 1. The van der Waals surface area contributed by atoms with Crippen LogP contribution in [0.5, 0.6) is 0 Å². The molecule has 5 nitrogen and oxygen atoms in total. The number of nitrogens with one attached hydrogen (secondary N) is 1. The van der Waals surface area contributed by atoms with Crippen molar-refractivity contribution in [2.45, 2.75) is 19.0 Å². The van der Waals surface area contributed by atoms with Gasteiger partial charge in [0.05, 0.1) is 18.8 Å². The standard InChI is InChI=1S/C9H13N3O2/c1-12-5-3-8(9(12)13)10-6-7-2-4-11-14-7/h2,4,8,10H,3,5-6H2,1H3. The molecular formula is C9H13N3O2. The van der Waals surface area contributed by atoms with E-state index in [1.807, 2.05) is 7.05 Å². The van der Waals surface area contributed by atoms with Gasteiger partial charge in [-0.15, -0.1) is 0 Å². The number of rotatable bonds is 3. The third kappa shape index (κ3) is 1.77. The molecule has 2 heterocycles. The van der Waals surface area contributed by atoms with Crippen LogP contribution in [-0.2, 0) is 11.3 Å². The van der Waals surface area contributed by atoms with Crippen molar-refractivity contribution in [1.82, 2.24) is 15.4 Å². The molecule has 0 radical (unpaired) electrons. The van der Waals surface area contributed by atoms with Crippen LogP contribution in [0.3, 0.4) is 0 Å². The maximum Gasteiger partial charge on any atom is 0.239 e. The van der Waals surface area contributed by atoms with E-state index in [0.717, 1.165) is 18.7 Å². The lowest BCUT2D eigenvalue weighted by Gasteiger charge is -2.10. The van der Waals surface area contributed by atoms with Crippen LogP contribution < -0.4 is 5.32 Å². The van der Waals surface area contributed by atoms with Crippen molar-refractivity contribution in [3.8, 4) is 0 Å². The Morgan fingerprint density at radius 2 is 2.64 bits per heavy atom. The van der Waals surface area contributed by atoms with Crippen molar-refractivity contribution in [3.63, 3.8) is 0 Å². The van der Waals surface area contributed by atoms with E-state index >= 15 is 0 Å². The largest absolute Gasteiger partial charge is 0.360 e. The Hall–Kier alpha value is -1.36. The van der Waals surface area contributed by atoms with Crippen LogP contribution in [0, 0.1) is 0 Å². The van der Waals surface area contributed by atoms with Gasteiger partial charge in [0.25, 0.3) is 0 Å². The number of likely N-dealkylation sites (tertiary alicyclic amines) is 1. The predicted octanol–water partition coefficient (Wildman–Crippen LogP) is -0.00510. The molecule has 1 aromatic heterocycles. The van der Waals surface area contributed by atoms with Crippen molar-refractivity contribution in [1.29, 1.82) is 0 Å². The highest BCUT2D eigenvalue weighted by Gasteiger charge is 2.28. The van der Waals surface area contributed by atoms with Crippen molar-refractivity contribution < 1.29 is 9.32 Å². The number of carbonyl (C=O) groups excluding carboxylic acids is 1. The van der Waals surface area contributed by atoms with E-state index in [2.05, 4.69) is 10.5 Å². The van der Waals surface area contributed by atoms with E-state index in [1.54, 1.807) is 17.2 Å². The van der Waals surface area contributed by atoms with Crippen LogP contribution in [0.1, 0.15) is 12.2 Å². The quantitative estimate of drug-likeness (QED) is 0.737. The first-order chi connectivity index (χ1) is 6.77. The Balaban J connectivity index is 1.84. The monoisotopic (exact) mass is 195 g/mol. The van der Waals surface area contributed by atoms with Gasteiger partial charge in [-0.05, 0) is 6.42 Å². The molecule has 76 valence electrons. The molecule has 1 aliphatic rings. The fourth-order valence-electron chi connectivity index (χ4n) is 1.57. The van der Waals surface area contributed by atoms with Gasteiger partial charge in [0.15, 0.2) is 0 Å². The van der Waals surface area contributed by atoms with Crippen molar-refractivity contribution >= 4 is 5.91 Å². The minimum atomic E-state index is -0.0647. The van der Waals surface area contributed by atoms with Gasteiger partial charge < -0.3 is 9.42 Å². The van der Waals surface area contributed by atoms with Gasteiger partial charge in [-0.1, -0.05) is 5.16 Å². The molecule has 1 saturated heterocycles. The van der Waals surface area contributed by atoms with E-state index in [9.17, 15) is 4.79 Å². The Morgan fingerprint density at radius 3 is 3.21 bits per heavy atom. The lowest BCUT2D eigenvalue weighted by molar-refractivity contribution is -0.128. The minimum absolute atomic E-state index is 0.0647. The minimum Gasteiger partial charge on any atom is -0.360 e. The maximum absolute atomic E-state index is 11.5. The molecule has 14 heavy (non-hydrogen) atoms. The highest BCUT2D eigenvalue weighted by molar-refractivity contribution is 5.83. The highest BCUT2D eigenvalue weighted by atomic mass is 16.5. The summed E-state index contributed by atoms with van der Waals surface area (Å²) in [5.41, 5.74) is 0. The summed E-state index contributed by atoms with van der Waals surface area (Å²) < 4.78 is 4.92. The Labute approximate surface area is 82.1 Å². The van der Waals surface area contributed by atoms with E-state index in [-0.39, 0.29) is 11.9 Å². The second-order valence-electron chi connectivity index (χ2n) is 3.46. The molecule has 0 spiro atoms. The fraction of sp³-hybridized carbons (Fsp3) is 0.556. The summed E-state index contributed by atoms with van der Waals surface area (Å²) in [5.74, 6) is 0.914. The van der Waals surface area contributed by atoms with Gasteiger partial charge in [-0.25, -0.2) is 0 Å². The summed E-state index contributed by atoms with van der Waals surface area (Å²) in [6.45, 7) is 1.39. The Morgan fingerprint density at radius 1 is 1.79 bits per heavy atom. The van der Waals surface area contributed by atoms with Gasteiger partial charge in [-0.3, -0.25) is 10.1 Å². The molecule has 0 aliphatic carbocycles. The number of hydrogen-bond donors (Lipinski definition) is 1. The molecule has 0 bridgehead atoms.